The van der Waals surface area contributed by atoms with Crippen molar-refractivity contribution in [1.29, 1.82) is 0 Å². The van der Waals surface area contributed by atoms with E-state index in [0.29, 0.717) is 0 Å². The summed E-state index contributed by atoms with van der Waals surface area (Å²) in [6.07, 6.45) is 11.7. The summed E-state index contributed by atoms with van der Waals surface area (Å²) in [6, 6.07) is 0.842. The van der Waals surface area contributed by atoms with Crippen molar-refractivity contribution in [3.63, 3.8) is 0 Å². The van der Waals surface area contributed by atoms with Crippen LogP contribution in [-0.2, 0) is 0 Å². The molecule has 0 amide bonds. The summed E-state index contributed by atoms with van der Waals surface area (Å²) in [4.78, 5) is 0. The van der Waals surface area contributed by atoms with Crippen LogP contribution in [0.2, 0.25) is 0 Å². The minimum atomic E-state index is 0.807. The van der Waals surface area contributed by atoms with E-state index in [0.717, 1.165) is 17.2 Å². The molecule has 0 heterocycles. The van der Waals surface area contributed by atoms with Crippen molar-refractivity contribution < 1.29 is 0 Å². The predicted octanol–water partition coefficient (Wildman–Crippen LogP) is 3.83. The SMILES string of the molecule is CC(CNC1CCCC1)SCC1CCCC1. The monoisotopic (exact) mass is 241 g/mol. The summed E-state index contributed by atoms with van der Waals surface area (Å²) >= 11 is 2.19. The molecule has 0 saturated heterocycles. The molecule has 1 unspecified atom stereocenters. The summed E-state index contributed by atoms with van der Waals surface area (Å²) < 4.78 is 0. The van der Waals surface area contributed by atoms with Crippen molar-refractivity contribution in [2.75, 3.05) is 12.3 Å². The lowest BCUT2D eigenvalue weighted by atomic mass is 10.1. The first-order valence-electron chi connectivity index (χ1n) is 7.19. The minimum Gasteiger partial charge on any atom is -0.313 e. The van der Waals surface area contributed by atoms with Crippen molar-refractivity contribution >= 4 is 11.8 Å². The fourth-order valence-electron chi connectivity index (χ4n) is 3.00. The molecule has 2 saturated carbocycles. The van der Waals surface area contributed by atoms with Gasteiger partial charge in [-0.3, -0.25) is 0 Å². The molecule has 0 aliphatic heterocycles. The molecule has 2 aliphatic rings. The number of rotatable bonds is 6. The molecule has 0 spiro atoms. The van der Waals surface area contributed by atoms with Crippen LogP contribution in [0.1, 0.15) is 58.3 Å². The first-order chi connectivity index (χ1) is 7.84. The molecule has 94 valence electrons. The molecular weight excluding hydrogens is 214 g/mol. The van der Waals surface area contributed by atoms with Gasteiger partial charge in [0, 0.05) is 17.8 Å². The predicted molar refractivity (Wildman–Crippen MR) is 74.1 cm³/mol. The first kappa shape index (κ1) is 12.8. The third-order valence-corrected chi connectivity index (χ3v) is 5.54. The summed E-state index contributed by atoms with van der Waals surface area (Å²) in [5.41, 5.74) is 0. The number of hydrogen-bond acceptors (Lipinski definition) is 2. The van der Waals surface area contributed by atoms with E-state index < -0.39 is 0 Å². The Bertz CT molecular complexity index is 163. The number of hydrogen-bond donors (Lipinski definition) is 1. The second-order valence-electron chi connectivity index (χ2n) is 5.68. The van der Waals surface area contributed by atoms with Crippen molar-refractivity contribution in [1.82, 2.24) is 5.32 Å². The summed E-state index contributed by atoms with van der Waals surface area (Å²) in [7, 11) is 0. The largest absolute Gasteiger partial charge is 0.313 e. The molecule has 0 aromatic heterocycles. The highest BCUT2D eigenvalue weighted by atomic mass is 32.2. The molecule has 2 rings (SSSR count). The van der Waals surface area contributed by atoms with E-state index in [4.69, 9.17) is 0 Å². The van der Waals surface area contributed by atoms with Crippen LogP contribution in [-0.4, -0.2) is 23.6 Å². The van der Waals surface area contributed by atoms with E-state index in [1.807, 2.05) is 0 Å². The van der Waals surface area contributed by atoms with Gasteiger partial charge in [0.2, 0.25) is 0 Å². The van der Waals surface area contributed by atoms with E-state index in [9.17, 15) is 0 Å². The number of thioether (sulfide) groups is 1. The molecule has 0 bridgehead atoms. The fraction of sp³-hybridized carbons (Fsp3) is 1.00. The Morgan fingerprint density at radius 1 is 1.06 bits per heavy atom. The fourth-order valence-corrected chi connectivity index (χ4v) is 4.15. The van der Waals surface area contributed by atoms with Gasteiger partial charge in [-0.25, -0.2) is 0 Å². The Morgan fingerprint density at radius 3 is 2.38 bits per heavy atom. The minimum absolute atomic E-state index is 0.807. The van der Waals surface area contributed by atoms with E-state index in [1.54, 1.807) is 0 Å². The van der Waals surface area contributed by atoms with Gasteiger partial charge in [-0.2, -0.15) is 11.8 Å². The van der Waals surface area contributed by atoms with Gasteiger partial charge in [-0.1, -0.05) is 32.6 Å². The van der Waals surface area contributed by atoms with Gasteiger partial charge in [-0.05, 0) is 37.4 Å². The molecule has 0 aromatic carbocycles. The molecule has 0 radical (unpaired) electrons. The maximum Gasteiger partial charge on any atom is 0.0144 e. The van der Waals surface area contributed by atoms with Gasteiger partial charge >= 0.3 is 0 Å². The highest BCUT2D eigenvalue weighted by molar-refractivity contribution is 7.99. The molecule has 0 aromatic rings. The normalized spacial score (nSPS) is 25.3. The van der Waals surface area contributed by atoms with Gasteiger partial charge < -0.3 is 5.32 Å². The van der Waals surface area contributed by atoms with Gasteiger partial charge in [0.15, 0.2) is 0 Å². The summed E-state index contributed by atoms with van der Waals surface area (Å²) in [5, 5.41) is 4.54. The zero-order valence-electron chi connectivity index (χ0n) is 10.7. The van der Waals surface area contributed by atoms with Crippen LogP contribution in [0.4, 0.5) is 0 Å². The Kier molecular flexibility index (Phi) is 5.51. The van der Waals surface area contributed by atoms with Crippen LogP contribution in [0.3, 0.4) is 0 Å². The second kappa shape index (κ2) is 6.90. The number of nitrogens with one attached hydrogen (secondary N) is 1. The lowest BCUT2D eigenvalue weighted by Gasteiger charge is -2.18. The smallest absolute Gasteiger partial charge is 0.0144 e. The van der Waals surface area contributed by atoms with Gasteiger partial charge in [0.1, 0.15) is 0 Å². The Morgan fingerprint density at radius 2 is 1.69 bits per heavy atom. The molecule has 2 heteroatoms. The Hall–Kier alpha value is 0.310. The van der Waals surface area contributed by atoms with E-state index in [1.165, 1.54) is 63.7 Å². The van der Waals surface area contributed by atoms with Crippen LogP contribution >= 0.6 is 11.8 Å². The van der Waals surface area contributed by atoms with E-state index in [2.05, 4.69) is 24.0 Å². The Labute approximate surface area is 105 Å². The topological polar surface area (TPSA) is 12.0 Å². The second-order valence-corrected chi connectivity index (χ2v) is 7.16. The van der Waals surface area contributed by atoms with Gasteiger partial charge in [0.25, 0.3) is 0 Å². The maximum absolute atomic E-state index is 3.74. The average molecular weight is 241 g/mol. The summed E-state index contributed by atoms with van der Waals surface area (Å²) in [6.45, 7) is 3.61. The zero-order valence-corrected chi connectivity index (χ0v) is 11.5. The van der Waals surface area contributed by atoms with Crippen LogP contribution in [0.25, 0.3) is 0 Å². The standard InChI is InChI=1S/C14H27NS/c1-12(10-15-14-8-4-5-9-14)16-11-13-6-2-3-7-13/h12-15H,2-11H2,1H3. The van der Waals surface area contributed by atoms with Crippen molar-refractivity contribution in [2.45, 2.75) is 69.6 Å². The molecular formula is C14H27NS. The molecule has 1 atom stereocenters. The van der Waals surface area contributed by atoms with Crippen LogP contribution in [0.5, 0.6) is 0 Å². The van der Waals surface area contributed by atoms with E-state index >= 15 is 0 Å². The average Bonchev–Trinajstić information content (AvgIpc) is 2.96. The van der Waals surface area contributed by atoms with Crippen LogP contribution < -0.4 is 5.32 Å². The van der Waals surface area contributed by atoms with Crippen molar-refractivity contribution in [3.05, 3.63) is 0 Å². The maximum atomic E-state index is 3.74. The summed E-state index contributed by atoms with van der Waals surface area (Å²) in [5.74, 6) is 2.45. The molecule has 2 fully saturated rings. The highest BCUT2D eigenvalue weighted by Crippen LogP contribution is 2.29. The van der Waals surface area contributed by atoms with Crippen molar-refractivity contribution in [2.24, 2.45) is 5.92 Å². The van der Waals surface area contributed by atoms with E-state index in [-0.39, 0.29) is 0 Å². The van der Waals surface area contributed by atoms with Crippen LogP contribution in [0, 0.1) is 5.92 Å². The quantitative estimate of drug-likeness (QED) is 0.758. The van der Waals surface area contributed by atoms with Crippen molar-refractivity contribution in [3.8, 4) is 0 Å². The zero-order chi connectivity index (χ0) is 11.2. The lowest BCUT2D eigenvalue weighted by Crippen LogP contribution is -2.31. The molecule has 16 heavy (non-hydrogen) atoms. The highest BCUT2D eigenvalue weighted by Gasteiger charge is 2.18. The Balaban J connectivity index is 1.51. The lowest BCUT2D eigenvalue weighted by molar-refractivity contribution is 0.526. The molecule has 1 N–H and O–H groups in total. The van der Waals surface area contributed by atoms with Crippen LogP contribution in [0.15, 0.2) is 0 Å². The van der Waals surface area contributed by atoms with Gasteiger partial charge in [0.05, 0.1) is 0 Å². The van der Waals surface area contributed by atoms with Gasteiger partial charge in [-0.15, -0.1) is 0 Å². The third-order valence-electron chi connectivity index (χ3n) is 4.14. The molecule has 1 nitrogen and oxygen atoms in total. The third kappa shape index (κ3) is 4.29. The first-order valence-corrected chi connectivity index (χ1v) is 8.24. The molecule has 2 aliphatic carbocycles.